The van der Waals surface area contributed by atoms with E-state index in [0.29, 0.717) is 18.3 Å². The van der Waals surface area contributed by atoms with Crippen LogP contribution in [-0.2, 0) is 4.79 Å². The van der Waals surface area contributed by atoms with Gasteiger partial charge in [-0.25, -0.2) is 0 Å². The van der Waals surface area contributed by atoms with Crippen molar-refractivity contribution in [3.8, 4) is 0 Å². The molecule has 2 N–H and O–H groups in total. The Labute approximate surface area is 139 Å². The lowest BCUT2D eigenvalue weighted by Crippen LogP contribution is -2.50. The number of carbonyl (C=O) groups excluding carboxylic acids is 1. The molecule has 1 spiro atoms. The Bertz CT molecular complexity index is 600. The first kappa shape index (κ1) is 15.8. The second-order valence-electron chi connectivity index (χ2n) is 9.69. The molecule has 23 heavy (non-hydrogen) atoms. The predicted octanol–water partition coefficient (Wildman–Crippen LogP) is 2.95. The number of aliphatic hydroxyl groups excluding tert-OH is 2. The van der Waals surface area contributed by atoms with Gasteiger partial charge in [-0.3, -0.25) is 4.79 Å². The minimum atomic E-state index is -0.839. The van der Waals surface area contributed by atoms with Crippen LogP contribution in [0.2, 0.25) is 0 Å². The van der Waals surface area contributed by atoms with E-state index in [2.05, 4.69) is 34.3 Å². The lowest BCUT2D eigenvalue weighted by atomic mass is 9.53. The zero-order valence-corrected chi connectivity index (χ0v) is 14.8. The maximum Gasteiger partial charge on any atom is 0.165 e. The number of Topliss-reactive ketones (excluding diaryl/α,β-unsaturated/α-hetero) is 1. The molecule has 0 aromatic carbocycles. The van der Waals surface area contributed by atoms with E-state index in [9.17, 15) is 15.0 Å². The molecule has 0 aliphatic heterocycles. The minimum Gasteiger partial charge on any atom is -0.392 e. The van der Waals surface area contributed by atoms with Crippen molar-refractivity contribution in [3.63, 3.8) is 0 Å². The van der Waals surface area contributed by atoms with Gasteiger partial charge in [0.2, 0.25) is 0 Å². The van der Waals surface area contributed by atoms with Crippen LogP contribution in [0.5, 0.6) is 0 Å². The van der Waals surface area contributed by atoms with E-state index in [4.69, 9.17) is 0 Å². The van der Waals surface area contributed by atoms with Gasteiger partial charge in [0.25, 0.3) is 0 Å². The lowest BCUT2D eigenvalue weighted by Gasteiger charge is -2.51. The Hall–Kier alpha value is -0.670. The molecule has 1 unspecified atom stereocenters. The summed E-state index contributed by atoms with van der Waals surface area (Å²) in [6.07, 6.45) is 3.98. The average molecular weight is 318 g/mol. The van der Waals surface area contributed by atoms with Gasteiger partial charge in [-0.05, 0) is 48.3 Å². The van der Waals surface area contributed by atoms with E-state index >= 15 is 0 Å². The zero-order chi connectivity index (χ0) is 17.0. The van der Waals surface area contributed by atoms with Crippen LogP contribution in [0.1, 0.15) is 53.4 Å². The predicted molar refractivity (Wildman–Crippen MR) is 88.6 cm³/mol. The number of ketones is 1. The highest BCUT2D eigenvalue weighted by Gasteiger charge is 2.87. The van der Waals surface area contributed by atoms with Gasteiger partial charge in [-0.2, -0.15) is 0 Å². The van der Waals surface area contributed by atoms with Crippen LogP contribution in [0.25, 0.3) is 0 Å². The Kier molecular flexibility index (Phi) is 2.83. The molecule has 4 rings (SSSR count). The van der Waals surface area contributed by atoms with Gasteiger partial charge in [0.15, 0.2) is 5.78 Å². The molecule has 4 aliphatic rings. The molecular weight excluding hydrogens is 288 g/mol. The summed E-state index contributed by atoms with van der Waals surface area (Å²) < 4.78 is 0. The van der Waals surface area contributed by atoms with Crippen LogP contribution in [0.3, 0.4) is 0 Å². The monoisotopic (exact) mass is 318 g/mol. The number of rotatable bonds is 1. The van der Waals surface area contributed by atoms with E-state index in [1.807, 2.05) is 6.08 Å². The Morgan fingerprint density at radius 1 is 1.22 bits per heavy atom. The summed E-state index contributed by atoms with van der Waals surface area (Å²) >= 11 is 0. The lowest BCUT2D eigenvalue weighted by molar-refractivity contribution is -0.138. The summed E-state index contributed by atoms with van der Waals surface area (Å²) in [5.74, 6) is 0.743. The quantitative estimate of drug-likeness (QED) is 0.731. The molecule has 4 saturated carbocycles. The van der Waals surface area contributed by atoms with Gasteiger partial charge in [0.1, 0.15) is 6.10 Å². The highest BCUT2D eigenvalue weighted by Crippen LogP contribution is 2.87. The fourth-order valence-electron chi connectivity index (χ4n) is 7.39. The fraction of sp³-hybridized carbons (Fsp3) is 0.850. The molecule has 128 valence electrons. The third-order valence-electron chi connectivity index (χ3n) is 9.16. The van der Waals surface area contributed by atoms with Crippen LogP contribution in [0.15, 0.2) is 12.7 Å². The van der Waals surface area contributed by atoms with Crippen molar-refractivity contribution in [1.29, 1.82) is 0 Å². The van der Waals surface area contributed by atoms with Crippen LogP contribution >= 0.6 is 0 Å². The van der Waals surface area contributed by atoms with Crippen molar-refractivity contribution in [2.45, 2.75) is 65.6 Å². The molecule has 0 heterocycles. The topological polar surface area (TPSA) is 57.5 Å². The van der Waals surface area contributed by atoms with Crippen molar-refractivity contribution in [2.75, 3.05) is 0 Å². The van der Waals surface area contributed by atoms with Crippen LogP contribution in [-0.4, -0.2) is 28.2 Å². The number of hydrogen-bond acceptors (Lipinski definition) is 3. The van der Waals surface area contributed by atoms with Crippen LogP contribution < -0.4 is 0 Å². The van der Waals surface area contributed by atoms with Gasteiger partial charge in [-0.1, -0.05) is 33.8 Å². The molecule has 9 atom stereocenters. The first-order chi connectivity index (χ1) is 10.6. The molecule has 0 radical (unpaired) electrons. The Balaban J connectivity index is 1.94. The number of carbonyl (C=O) groups is 1. The van der Waals surface area contributed by atoms with Gasteiger partial charge in [0, 0.05) is 16.7 Å². The maximum absolute atomic E-state index is 12.9. The zero-order valence-electron chi connectivity index (χ0n) is 14.8. The minimum absolute atomic E-state index is 0.0437. The second kappa shape index (κ2) is 4.11. The van der Waals surface area contributed by atoms with Gasteiger partial charge in [-0.15, -0.1) is 6.58 Å². The summed E-state index contributed by atoms with van der Waals surface area (Å²) in [7, 11) is 0. The van der Waals surface area contributed by atoms with Crippen molar-refractivity contribution in [3.05, 3.63) is 12.7 Å². The number of fused-ring (bicyclic) bond motifs is 1. The van der Waals surface area contributed by atoms with Gasteiger partial charge >= 0.3 is 0 Å². The normalized spacial score (nSPS) is 63.9. The standard InChI is InChI=1S/C20H30O3/c1-6-17(3)7-8-18(4)11(2)9-13-19(5,16(17)23)20(13)10-12(21)14(22)15(18)20/h6,11-13,15-16,21,23H,1,7-10H2,2-5H3/t11-,12+,13+,15?,16-,17-,18-,19+,20+/m1/s1. The van der Waals surface area contributed by atoms with Crippen molar-refractivity contribution in [1.82, 2.24) is 0 Å². The van der Waals surface area contributed by atoms with Crippen LogP contribution in [0.4, 0.5) is 0 Å². The summed E-state index contributed by atoms with van der Waals surface area (Å²) in [5.41, 5.74) is -0.869. The molecule has 0 amide bonds. The molecule has 0 aromatic rings. The summed E-state index contributed by atoms with van der Waals surface area (Å²) in [6, 6.07) is 0. The van der Waals surface area contributed by atoms with Crippen molar-refractivity contribution < 1.29 is 15.0 Å². The van der Waals surface area contributed by atoms with Gasteiger partial charge < -0.3 is 10.2 Å². The maximum atomic E-state index is 12.9. The first-order valence-corrected chi connectivity index (χ1v) is 9.13. The summed E-state index contributed by atoms with van der Waals surface area (Å²) in [4.78, 5) is 12.9. The van der Waals surface area contributed by atoms with E-state index in [-0.39, 0.29) is 33.4 Å². The molecule has 0 aromatic heterocycles. The molecule has 3 heteroatoms. The highest BCUT2D eigenvalue weighted by atomic mass is 16.3. The molecule has 2 bridgehead atoms. The average Bonchev–Trinajstić information content (AvgIpc) is 2.86. The van der Waals surface area contributed by atoms with Crippen molar-refractivity contribution in [2.24, 2.45) is 39.4 Å². The molecular formula is C20H30O3. The molecule has 3 nitrogen and oxygen atoms in total. The van der Waals surface area contributed by atoms with Crippen molar-refractivity contribution >= 4 is 5.78 Å². The second-order valence-corrected chi connectivity index (χ2v) is 9.69. The first-order valence-electron chi connectivity index (χ1n) is 9.13. The fourth-order valence-corrected chi connectivity index (χ4v) is 7.39. The highest BCUT2D eigenvalue weighted by molar-refractivity contribution is 5.91. The Morgan fingerprint density at radius 3 is 2.48 bits per heavy atom. The van der Waals surface area contributed by atoms with E-state index in [1.54, 1.807) is 0 Å². The van der Waals surface area contributed by atoms with Gasteiger partial charge in [0.05, 0.1) is 6.10 Å². The largest absolute Gasteiger partial charge is 0.392 e. The smallest absolute Gasteiger partial charge is 0.165 e. The van der Waals surface area contributed by atoms with Crippen LogP contribution in [0, 0.1) is 39.4 Å². The third kappa shape index (κ3) is 1.40. The molecule has 0 saturated heterocycles. The molecule has 4 aliphatic carbocycles. The number of hydrogen-bond donors (Lipinski definition) is 2. The Morgan fingerprint density at radius 2 is 1.87 bits per heavy atom. The summed E-state index contributed by atoms with van der Waals surface area (Å²) in [5, 5.41) is 21.7. The third-order valence-corrected chi connectivity index (χ3v) is 9.16. The van der Waals surface area contributed by atoms with E-state index in [1.165, 1.54) is 0 Å². The van der Waals surface area contributed by atoms with E-state index < -0.39 is 12.2 Å². The SMILES string of the molecule is C=C[C@]1(C)CC[C@@]2(C)C3C(=O)[C@@H](O)C[C@]34[C@@H](C[C@H]2C)[C@@]4(C)[C@@H]1O. The van der Waals surface area contributed by atoms with E-state index in [0.717, 1.165) is 19.3 Å². The molecule has 4 fully saturated rings. The number of aliphatic hydroxyl groups is 2. The summed E-state index contributed by atoms with van der Waals surface area (Å²) in [6.45, 7) is 12.8.